The molecule has 0 amide bonds. The Hall–Kier alpha value is -4.67. The van der Waals surface area contributed by atoms with Gasteiger partial charge in [0.05, 0.1) is 12.0 Å². The molecule has 8 rings (SSSR count). The quantitative estimate of drug-likeness (QED) is 0.130. The first-order valence-corrected chi connectivity index (χ1v) is 19.9. The molecule has 0 fully saturated rings. The van der Waals surface area contributed by atoms with Crippen molar-refractivity contribution in [2.75, 3.05) is 0 Å². The first-order valence-electron chi connectivity index (χ1n) is 19.9. The van der Waals surface area contributed by atoms with Crippen molar-refractivity contribution in [2.45, 2.75) is 105 Å². The largest absolute Gasteiger partial charge is 3.00 e. The van der Waals surface area contributed by atoms with E-state index in [1.165, 1.54) is 27.6 Å². The van der Waals surface area contributed by atoms with E-state index in [9.17, 15) is 0 Å². The van der Waals surface area contributed by atoms with Crippen LogP contribution in [-0.2, 0) is 44.0 Å². The monoisotopic (exact) mass is 930 g/mol. The topological polar surface area (TPSA) is 40.1 Å². The minimum atomic E-state index is -0.0973. The SMILES string of the molecule is CC(C)(C)c1c[c-]c(-c2[c-]c(-c3cc4occc4c(-c4cc(C(C)(C)C)cc5c4[n-]c4ccc(C(C)(C)C)cc45)n3)cc(-c3ccc(C(C)(C)C)cc3)c2)cc1.[Au+3]. The number of nitrogens with zero attached hydrogens (tertiary/aromatic N) is 2. The minimum Gasteiger partial charge on any atom is -0.656 e. The number of benzene rings is 5. The van der Waals surface area contributed by atoms with Crippen molar-refractivity contribution < 1.29 is 26.8 Å². The van der Waals surface area contributed by atoms with Crippen LogP contribution in [0.2, 0.25) is 0 Å². The van der Waals surface area contributed by atoms with Crippen molar-refractivity contribution in [3.05, 3.63) is 138 Å². The van der Waals surface area contributed by atoms with Gasteiger partial charge in [0.25, 0.3) is 0 Å². The molecule has 0 unspecified atom stereocenters. The molecule has 8 aromatic rings. The fourth-order valence-electron chi connectivity index (χ4n) is 7.56. The molecule has 0 N–H and O–H groups in total. The van der Waals surface area contributed by atoms with Gasteiger partial charge in [0.1, 0.15) is 5.58 Å². The molecule has 0 atom stereocenters. The van der Waals surface area contributed by atoms with E-state index in [0.717, 1.165) is 72.2 Å². The zero-order chi connectivity index (χ0) is 39.9. The van der Waals surface area contributed by atoms with E-state index >= 15 is 0 Å². The van der Waals surface area contributed by atoms with E-state index in [4.69, 9.17) is 14.4 Å². The molecule has 0 spiro atoms. The van der Waals surface area contributed by atoms with Crippen LogP contribution in [0.5, 0.6) is 0 Å². The van der Waals surface area contributed by atoms with Crippen LogP contribution in [-0.4, -0.2) is 4.98 Å². The second-order valence-electron chi connectivity index (χ2n) is 19.7. The molecule has 0 bridgehead atoms. The van der Waals surface area contributed by atoms with Gasteiger partial charge in [-0.25, -0.2) is 5.56 Å². The standard InChI is InChI=1S/C53H53N2O.Au/c1-50(2,3)37-17-13-32(14-18-37)34-25-35(33-15-19-38(20-16-33)51(4,5)6)27-36(26-34)46-31-47-41(23-24-56-47)48(55-46)44-30-40(53(10,11)12)29-43-42-28-39(52(7,8)9)21-22-45(42)54-49(43)44;/h13-15,17-26,28-31H,1-12H3;/q-3;+3. The molecule has 3 heterocycles. The van der Waals surface area contributed by atoms with Gasteiger partial charge in [0.2, 0.25) is 0 Å². The number of fused-ring (bicyclic) bond motifs is 4. The van der Waals surface area contributed by atoms with Gasteiger partial charge in [-0.3, -0.25) is 4.98 Å². The summed E-state index contributed by atoms with van der Waals surface area (Å²) in [5, 5.41) is 3.29. The Morgan fingerprint density at radius 3 is 1.77 bits per heavy atom. The molecular weight excluding hydrogens is 878 g/mol. The summed E-state index contributed by atoms with van der Waals surface area (Å²) in [4.78, 5) is 10.8. The Morgan fingerprint density at radius 2 is 1.14 bits per heavy atom. The van der Waals surface area contributed by atoms with E-state index in [1.807, 2.05) is 6.07 Å². The summed E-state index contributed by atoms with van der Waals surface area (Å²) >= 11 is 0. The van der Waals surface area contributed by atoms with E-state index in [-0.39, 0.29) is 44.0 Å². The van der Waals surface area contributed by atoms with E-state index in [0.29, 0.717) is 0 Å². The van der Waals surface area contributed by atoms with Crippen LogP contribution in [0.15, 0.2) is 108 Å². The van der Waals surface area contributed by atoms with Crippen LogP contribution in [0.4, 0.5) is 0 Å². The van der Waals surface area contributed by atoms with Crippen LogP contribution in [0.1, 0.15) is 105 Å². The average molecular weight is 931 g/mol. The number of aromatic nitrogens is 2. The molecule has 3 aromatic heterocycles. The van der Waals surface area contributed by atoms with Gasteiger partial charge in [-0.2, -0.15) is 35.9 Å². The zero-order valence-electron chi connectivity index (χ0n) is 35.4. The summed E-state index contributed by atoms with van der Waals surface area (Å²) in [6.45, 7) is 27.1. The van der Waals surface area contributed by atoms with Crippen molar-refractivity contribution in [3.8, 4) is 44.8 Å². The van der Waals surface area contributed by atoms with Gasteiger partial charge < -0.3 is 9.40 Å². The second kappa shape index (κ2) is 14.3. The average Bonchev–Trinajstić information content (AvgIpc) is 3.77. The van der Waals surface area contributed by atoms with Crippen LogP contribution in [0, 0.1) is 12.1 Å². The van der Waals surface area contributed by atoms with Gasteiger partial charge in [-0.05, 0) is 72.4 Å². The molecule has 57 heavy (non-hydrogen) atoms. The Kier molecular flexibility index (Phi) is 10.2. The Morgan fingerprint density at radius 1 is 0.526 bits per heavy atom. The molecule has 3 nitrogen and oxygen atoms in total. The van der Waals surface area contributed by atoms with Crippen LogP contribution < -0.4 is 4.98 Å². The van der Waals surface area contributed by atoms with Crippen LogP contribution >= 0.6 is 0 Å². The van der Waals surface area contributed by atoms with Crippen molar-refractivity contribution in [1.29, 1.82) is 0 Å². The number of furan rings is 1. The summed E-state index contributed by atoms with van der Waals surface area (Å²) < 4.78 is 6.20. The maximum atomic E-state index is 6.20. The predicted molar refractivity (Wildman–Crippen MR) is 237 cm³/mol. The van der Waals surface area contributed by atoms with Crippen LogP contribution in [0.3, 0.4) is 0 Å². The third-order valence-electron chi connectivity index (χ3n) is 11.3. The fraction of sp³-hybridized carbons (Fsp3) is 0.302. The Labute approximate surface area is 354 Å². The third-order valence-corrected chi connectivity index (χ3v) is 11.3. The molecule has 0 radical (unpaired) electrons. The van der Waals surface area contributed by atoms with Gasteiger partial charge in [0.15, 0.2) is 0 Å². The molecule has 5 aromatic carbocycles. The van der Waals surface area contributed by atoms with Gasteiger partial charge >= 0.3 is 22.4 Å². The smallest absolute Gasteiger partial charge is 0.656 e. The number of hydrogen-bond acceptors (Lipinski definition) is 2. The Balaban J connectivity index is 0.00000496. The number of pyridine rings is 1. The fourth-order valence-corrected chi connectivity index (χ4v) is 7.56. The molecular formula is C53H53AuN2O. The first-order chi connectivity index (χ1) is 26.2. The molecule has 0 saturated carbocycles. The van der Waals surface area contributed by atoms with Crippen molar-refractivity contribution in [2.24, 2.45) is 0 Å². The molecule has 0 aliphatic rings. The molecule has 4 heteroatoms. The van der Waals surface area contributed by atoms with Crippen LogP contribution in [0.25, 0.3) is 77.5 Å². The normalized spacial score (nSPS) is 12.8. The minimum absolute atomic E-state index is 0. The van der Waals surface area contributed by atoms with Gasteiger partial charge in [0, 0.05) is 11.1 Å². The summed E-state index contributed by atoms with van der Waals surface area (Å²) in [6, 6.07) is 42.7. The summed E-state index contributed by atoms with van der Waals surface area (Å²) in [7, 11) is 0. The number of rotatable bonds is 4. The van der Waals surface area contributed by atoms with E-state index in [1.54, 1.807) is 6.26 Å². The Bertz CT molecular complexity index is 2680. The predicted octanol–water partition coefficient (Wildman–Crippen LogP) is 14.5. The van der Waals surface area contributed by atoms with Gasteiger partial charge in [-0.15, -0.1) is 34.3 Å². The van der Waals surface area contributed by atoms with Gasteiger partial charge in [-0.1, -0.05) is 143 Å². The second-order valence-corrected chi connectivity index (χ2v) is 19.7. The molecule has 0 aliphatic heterocycles. The van der Waals surface area contributed by atoms with E-state index < -0.39 is 0 Å². The number of hydrogen-bond donors (Lipinski definition) is 0. The maximum absolute atomic E-state index is 6.20. The molecule has 0 saturated heterocycles. The van der Waals surface area contributed by atoms with E-state index in [2.05, 4.69) is 186 Å². The summed E-state index contributed by atoms with van der Waals surface area (Å²) in [5.41, 5.74) is 15.6. The molecule has 292 valence electrons. The third kappa shape index (κ3) is 7.83. The summed E-state index contributed by atoms with van der Waals surface area (Å²) in [5.74, 6) is 0. The van der Waals surface area contributed by atoms with Crippen molar-refractivity contribution in [1.82, 2.24) is 9.97 Å². The van der Waals surface area contributed by atoms with Crippen molar-refractivity contribution >= 4 is 32.8 Å². The van der Waals surface area contributed by atoms with Crippen molar-refractivity contribution in [3.63, 3.8) is 0 Å². The first kappa shape index (κ1) is 40.5. The zero-order valence-corrected chi connectivity index (χ0v) is 37.6. The molecule has 0 aliphatic carbocycles. The maximum Gasteiger partial charge on any atom is 3.00 e. The summed E-state index contributed by atoms with van der Waals surface area (Å²) in [6.07, 6.45) is 1.77.